The molecular formula is C22H22FN5O3. The van der Waals surface area contributed by atoms with Gasteiger partial charge in [-0.15, -0.1) is 0 Å². The molecule has 0 unspecified atom stereocenters. The summed E-state index contributed by atoms with van der Waals surface area (Å²) in [5.41, 5.74) is 1.75. The third-order valence-corrected chi connectivity index (χ3v) is 5.75. The number of carbonyl (C=O) groups excluding carboxylic acids is 2. The van der Waals surface area contributed by atoms with Crippen molar-refractivity contribution < 1.29 is 18.7 Å². The Hall–Kier alpha value is -3.46. The zero-order chi connectivity index (χ0) is 21.4. The van der Waals surface area contributed by atoms with Crippen molar-refractivity contribution in [3.63, 3.8) is 0 Å². The summed E-state index contributed by atoms with van der Waals surface area (Å²) in [6.45, 7) is 3.16. The fraction of sp³-hybridized carbons (Fsp3) is 0.318. The van der Waals surface area contributed by atoms with Crippen LogP contribution >= 0.6 is 0 Å². The van der Waals surface area contributed by atoms with E-state index in [0.717, 1.165) is 5.39 Å². The lowest BCUT2D eigenvalue weighted by Crippen LogP contribution is -2.46. The van der Waals surface area contributed by atoms with Crippen molar-refractivity contribution in [2.75, 3.05) is 50.8 Å². The van der Waals surface area contributed by atoms with Gasteiger partial charge < -0.3 is 14.5 Å². The number of nitrogens with zero attached hydrogens (tertiary/aromatic N) is 5. The molecule has 0 atom stereocenters. The van der Waals surface area contributed by atoms with E-state index in [2.05, 4.69) is 5.10 Å². The number of fused-ring (bicyclic) bond motifs is 1. The first-order chi connectivity index (χ1) is 15.1. The number of ether oxygens (including phenoxy) is 1. The molecule has 9 heteroatoms. The van der Waals surface area contributed by atoms with Gasteiger partial charge in [0.25, 0.3) is 0 Å². The highest BCUT2D eigenvalue weighted by molar-refractivity contribution is 6.04. The van der Waals surface area contributed by atoms with Crippen molar-refractivity contribution in [1.29, 1.82) is 0 Å². The van der Waals surface area contributed by atoms with Crippen molar-refractivity contribution in [2.45, 2.75) is 0 Å². The number of aromatic nitrogens is 2. The van der Waals surface area contributed by atoms with Crippen molar-refractivity contribution >= 4 is 28.5 Å². The summed E-state index contributed by atoms with van der Waals surface area (Å²) >= 11 is 0. The number of hydrogen-bond acceptors (Lipinski definition) is 4. The maximum absolute atomic E-state index is 14.3. The molecule has 0 N–H and O–H groups in total. The lowest BCUT2D eigenvalue weighted by Gasteiger charge is -2.28. The summed E-state index contributed by atoms with van der Waals surface area (Å²) < 4.78 is 21.1. The molecule has 0 bridgehead atoms. The van der Waals surface area contributed by atoms with Crippen LogP contribution in [0.4, 0.5) is 14.9 Å². The highest BCUT2D eigenvalue weighted by atomic mass is 19.1. The fourth-order valence-corrected chi connectivity index (χ4v) is 4.12. The Bertz CT molecular complexity index is 1140. The molecule has 5 rings (SSSR count). The van der Waals surface area contributed by atoms with Gasteiger partial charge in [-0.05, 0) is 24.3 Å². The second kappa shape index (κ2) is 7.99. The summed E-state index contributed by atoms with van der Waals surface area (Å²) in [5, 5.41) is 5.11. The number of hydrogen-bond donors (Lipinski definition) is 0. The molecule has 3 amide bonds. The van der Waals surface area contributed by atoms with E-state index >= 15 is 0 Å². The summed E-state index contributed by atoms with van der Waals surface area (Å²) in [4.78, 5) is 30.6. The van der Waals surface area contributed by atoms with Crippen molar-refractivity contribution in [2.24, 2.45) is 0 Å². The number of amides is 3. The van der Waals surface area contributed by atoms with Crippen LogP contribution in [0.25, 0.3) is 16.6 Å². The van der Waals surface area contributed by atoms with Gasteiger partial charge in [-0.2, -0.15) is 5.10 Å². The fourth-order valence-electron chi connectivity index (χ4n) is 4.12. The highest BCUT2D eigenvalue weighted by Crippen LogP contribution is 2.31. The maximum atomic E-state index is 14.3. The Morgan fingerprint density at radius 2 is 1.77 bits per heavy atom. The predicted octanol–water partition coefficient (Wildman–Crippen LogP) is 2.27. The molecule has 0 aliphatic carbocycles. The van der Waals surface area contributed by atoms with Gasteiger partial charge in [-0.1, -0.05) is 18.2 Å². The quantitative estimate of drug-likeness (QED) is 0.646. The maximum Gasteiger partial charge on any atom is 0.325 e. The minimum Gasteiger partial charge on any atom is -0.378 e. The van der Waals surface area contributed by atoms with Crippen LogP contribution in [0, 0.1) is 5.82 Å². The molecular weight excluding hydrogens is 401 g/mol. The largest absolute Gasteiger partial charge is 0.378 e. The van der Waals surface area contributed by atoms with E-state index in [-0.39, 0.29) is 24.3 Å². The molecule has 160 valence electrons. The molecule has 1 aromatic heterocycles. The lowest BCUT2D eigenvalue weighted by atomic mass is 10.2. The number of carbonyl (C=O) groups is 2. The predicted molar refractivity (Wildman–Crippen MR) is 113 cm³/mol. The number of benzene rings is 2. The van der Waals surface area contributed by atoms with Crippen molar-refractivity contribution in [3.8, 4) is 5.69 Å². The molecule has 0 spiro atoms. The normalized spacial score (nSPS) is 17.1. The Kier molecular flexibility index (Phi) is 5.03. The zero-order valence-electron chi connectivity index (χ0n) is 16.9. The monoisotopic (exact) mass is 423 g/mol. The second-order valence-corrected chi connectivity index (χ2v) is 7.57. The standard InChI is InChI=1S/C22H22FN5O3/c23-17-4-1-2-5-20(17)28-19-7-3-6-18(16(19)14-24-28)27-9-8-26(22(27)30)15-21(29)25-10-12-31-13-11-25/h1-7,14H,8-13,15H2. The van der Waals surface area contributed by atoms with Crippen LogP contribution in [0.3, 0.4) is 0 Å². The third-order valence-electron chi connectivity index (χ3n) is 5.75. The number of urea groups is 1. The first kappa shape index (κ1) is 19.5. The number of para-hydroxylation sites is 1. The van der Waals surface area contributed by atoms with Crippen molar-refractivity contribution in [3.05, 3.63) is 54.5 Å². The smallest absolute Gasteiger partial charge is 0.325 e. The third kappa shape index (κ3) is 3.50. The van der Waals surface area contributed by atoms with Gasteiger partial charge in [0.1, 0.15) is 18.0 Å². The topological polar surface area (TPSA) is 70.9 Å². The van der Waals surface area contributed by atoms with Crippen LogP contribution < -0.4 is 4.90 Å². The van der Waals surface area contributed by atoms with E-state index in [4.69, 9.17) is 4.74 Å². The van der Waals surface area contributed by atoms with Gasteiger partial charge >= 0.3 is 6.03 Å². The first-order valence-electron chi connectivity index (χ1n) is 10.3. The Balaban J connectivity index is 1.39. The van der Waals surface area contributed by atoms with E-state index in [1.807, 2.05) is 18.2 Å². The zero-order valence-corrected chi connectivity index (χ0v) is 16.9. The number of rotatable bonds is 4. The molecule has 3 aromatic rings. The van der Waals surface area contributed by atoms with Crippen LogP contribution in [0.2, 0.25) is 0 Å². The van der Waals surface area contributed by atoms with E-state index in [1.165, 1.54) is 10.7 Å². The minimum atomic E-state index is -0.372. The van der Waals surface area contributed by atoms with Gasteiger partial charge in [-0.25, -0.2) is 13.9 Å². The van der Waals surface area contributed by atoms with E-state index < -0.39 is 0 Å². The summed E-state index contributed by atoms with van der Waals surface area (Å²) in [7, 11) is 0. The van der Waals surface area contributed by atoms with Crippen LogP contribution in [-0.4, -0.2) is 77.5 Å². The Morgan fingerprint density at radius 3 is 2.58 bits per heavy atom. The number of halogens is 1. The lowest BCUT2D eigenvalue weighted by molar-refractivity contribution is -0.135. The van der Waals surface area contributed by atoms with Crippen molar-refractivity contribution in [1.82, 2.24) is 19.6 Å². The van der Waals surface area contributed by atoms with E-state index in [0.29, 0.717) is 56.3 Å². The van der Waals surface area contributed by atoms with E-state index in [1.54, 1.807) is 39.1 Å². The summed E-state index contributed by atoms with van der Waals surface area (Å²) in [6, 6.07) is 11.7. The molecule has 2 saturated heterocycles. The molecule has 3 heterocycles. The number of anilines is 1. The number of morpholine rings is 1. The Morgan fingerprint density at radius 1 is 1.00 bits per heavy atom. The van der Waals surface area contributed by atoms with E-state index in [9.17, 15) is 14.0 Å². The first-order valence-corrected chi connectivity index (χ1v) is 10.3. The minimum absolute atomic E-state index is 0.0554. The summed E-state index contributed by atoms with van der Waals surface area (Å²) in [5.74, 6) is -0.438. The molecule has 0 saturated carbocycles. The van der Waals surface area contributed by atoms with Crippen LogP contribution in [0.1, 0.15) is 0 Å². The molecule has 2 aliphatic heterocycles. The second-order valence-electron chi connectivity index (χ2n) is 7.57. The summed E-state index contributed by atoms with van der Waals surface area (Å²) in [6.07, 6.45) is 1.64. The van der Waals surface area contributed by atoms with Gasteiger partial charge in [0.05, 0.1) is 30.6 Å². The molecule has 2 aromatic carbocycles. The SMILES string of the molecule is O=C(CN1CCN(c2cccc3c2cnn3-c2ccccc2F)C1=O)N1CCOCC1. The highest BCUT2D eigenvalue weighted by Gasteiger charge is 2.33. The van der Waals surface area contributed by atoms with Crippen LogP contribution in [0.15, 0.2) is 48.7 Å². The van der Waals surface area contributed by atoms with Crippen LogP contribution in [-0.2, 0) is 9.53 Å². The molecule has 0 radical (unpaired) electrons. The van der Waals surface area contributed by atoms with Crippen LogP contribution in [0.5, 0.6) is 0 Å². The van der Waals surface area contributed by atoms with Gasteiger partial charge in [0.15, 0.2) is 0 Å². The molecule has 8 nitrogen and oxygen atoms in total. The average Bonchev–Trinajstić information content (AvgIpc) is 3.38. The van der Waals surface area contributed by atoms with Gasteiger partial charge in [-0.3, -0.25) is 9.69 Å². The molecule has 2 fully saturated rings. The Labute approximate surface area is 178 Å². The van der Waals surface area contributed by atoms with Gasteiger partial charge in [0.2, 0.25) is 5.91 Å². The molecule has 31 heavy (non-hydrogen) atoms. The average molecular weight is 423 g/mol. The molecule has 2 aliphatic rings. The van der Waals surface area contributed by atoms with Gasteiger partial charge in [0, 0.05) is 31.6 Å².